The van der Waals surface area contributed by atoms with E-state index in [2.05, 4.69) is 63.1 Å². The molecular weight excluding hydrogens is 380 g/mol. The van der Waals surface area contributed by atoms with Gasteiger partial charge in [0.15, 0.2) is 0 Å². The molecule has 1 saturated carbocycles. The van der Waals surface area contributed by atoms with Crippen LogP contribution in [-0.2, 0) is 0 Å². The number of hydrogen-bond donors (Lipinski definition) is 2. The summed E-state index contributed by atoms with van der Waals surface area (Å²) >= 11 is 1.91. The molecule has 0 spiro atoms. The van der Waals surface area contributed by atoms with Crippen molar-refractivity contribution in [3.63, 3.8) is 0 Å². The van der Waals surface area contributed by atoms with Gasteiger partial charge in [0.25, 0.3) is 0 Å². The molecule has 3 fully saturated rings. The van der Waals surface area contributed by atoms with E-state index >= 15 is 0 Å². The number of thiophene rings is 1. The molecule has 2 aromatic heterocycles. The minimum absolute atomic E-state index is 0.265. The predicted molar refractivity (Wildman–Crippen MR) is 118 cm³/mol. The van der Waals surface area contributed by atoms with Gasteiger partial charge in [-0.2, -0.15) is 0 Å². The summed E-state index contributed by atoms with van der Waals surface area (Å²) in [5.41, 5.74) is 8.26. The summed E-state index contributed by atoms with van der Waals surface area (Å²) in [6, 6.07) is 8.14. The van der Waals surface area contributed by atoms with Gasteiger partial charge in [-0.25, -0.2) is 15.4 Å². The molecular formula is C22H32N6S. The van der Waals surface area contributed by atoms with E-state index in [0.717, 1.165) is 37.7 Å². The fourth-order valence-corrected chi connectivity index (χ4v) is 6.18. The minimum atomic E-state index is 0.265. The molecule has 0 amide bonds. The van der Waals surface area contributed by atoms with Crippen LogP contribution in [0.15, 0.2) is 29.9 Å². The number of fused-ring (bicyclic) bond motifs is 1. The van der Waals surface area contributed by atoms with Gasteiger partial charge in [-0.15, -0.1) is 11.3 Å². The fourth-order valence-electron chi connectivity index (χ4n) is 5.30. The number of hydrazine groups is 1. The molecule has 4 unspecified atom stereocenters. The van der Waals surface area contributed by atoms with Gasteiger partial charge in [0.2, 0.25) is 0 Å². The summed E-state index contributed by atoms with van der Waals surface area (Å²) in [7, 11) is 0. The quantitative estimate of drug-likeness (QED) is 0.805. The Kier molecular flexibility index (Phi) is 5.56. The van der Waals surface area contributed by atoms with E-state index in [4.69, 9.17) is 4.98 Å². The molecule has 29 heavy (non-hydrogen) atoms. The third-order valence-corrected chi connectivity index (χ3v) is 8.09. The summed E-state index contributed by atoms with van der Waals surface area (Å²) < 4.78 is 0. The number of hydrogen-bond acceptors (Lipinski definition) is 7. The highest BCUT2D eigenvalue weighted by Gasteiger charge is 2.42. The Bertz CT molecular complexity index is 801. The summed E-state index contributed by atoms with van der Waals surface area (Å²) in [4.78, 5) is 15.8. The molecule has 0 bridgehead atoms. The first kappa shape index (κ1) is 19.4. The van der Waals surface area contributed by atoms with Gasteiger partial charge in [0, 0.05) is 49.2 Å². The molecule has 3 aliphatic rings. The van der Waals surface area contributed by atoms with Crippen LogP contribution in [0.3, 0.4) is 0 Å². The lowest BCUT2D eigenvalue weighted by Crippen LogP contribution is -2.49. The summed E-state index contributed by atoms with van der Waals surface area (Å²) in [6.07, 6.45) is 5.49. The Morgan fingerprint density at radius 3 is 2.72 bits per heavy atom. The van der Waals surface area contributed by atoms with Crippen LogP contribution >= 0.6 is 11.3 Å². The number of piperazine rings is 1. The fraction of sp³-hybridized carbons (Fsp3) is 0.636. The predicted octanol–water partition coefficient (Wildman–Crippen LogP) is 3.17. The maximum absolute atomic E-state index is 4.69. The number of anilines is 1. The first-order chi connectivity index (χ1) is 14.2. The van der Waals surface area contributed by atoms with E-state index in [1.54, 1.807) is 11.2 Å². The van der Waals surface area contributed by atoms with Gasteiger partial charge >= 0.3 is 0 Å². The molecule has 2 saturated heterocycles. The molecule has 7 heteroatoms. The molecule has 0 radical (unpaired) electrons. The molecule has 6 nitrogen and oxygen atoms in total. The first-order valence-corrected chi connectivity index (χ1v) is 11.9. The van der Waals surface area contributed by atoms with Gasteiger partial charge < -0.3 is 4.90 Å². The number of nitrogens with zero attached hydrogens (tertiary/aromatic N) is 4. The Hall–Kier alpha value is -1.54. The molecule has 5 rings (SSSR count). The van der Waals surface area contributed by atoms with Crippen LogP contribution in [0.4, 0.5) is 5.82 Å². The SMILES string of the molecule is CC(C)N1CCN(c2cc(C3NNC4CCC(c5cccs5)CC43)ncn2)CC1. The maximum atomic E-state index is 4.69. The van der Waals surface area contributed by atoms with Gasteiger partial charge in [-0.1, -0.05) is 6.07 Å². The van der Waals surface area contributed by atoms with Gasteiger partial charge in [0.05, 0.1) is 11.7 Å². The van der Waals surface area contributed by atoms with E-state index in [0.29, 0.717) is 23.9 Å². The highest BCUT2D eigenvalue weighted by molar-refractivity contribution is 7.10. The van der Waals surface area contributed by atoms with Crippen molar-refractivity contribution in [2.24, 2.45) is 5.92 Å². The van der Waals surface area contributed by atoms with Crippen molar-refractivity contribution in [2.45, 2.75) is 57.2 Å². The second kappa shape index (κ2) is 8.30. The van der Waals surface area contributed by atoms with Crippen LogP contribution < -0.4 is 15.8 Å². The normalized spacial score (nSPS) is 30.7. The van der Waals surface area contributed by atoms with Crippen LogP contribution in [0.25, 0.3) is 0 Å². The summed E-state index contributed by atoms with van der Waals surface area (Å²) in [5, 5.41) is 2.21. The molecule has 156 valence electrons. The van der Waals surface area contributed by atoms with Crippen molar-refractivity contribution in [3.8, 4) is 0 Å². The third kappa shape index (κ3) is 3.93. The summed E-state index contributed by atoms with van der Waals surface area (Å²) in [6.45, 7) is 8.85. The second-order valence-electron chi connectivity index (χ2n) is 8.98. The van der Waals surface area contributed by atoms with E-state index < -0.39 is 0 Å². The van der Waals surface area contributed by atoms with E-state index in [-0.39, 0.29) is 6.04 Å². The van der Waals surface area contributed by atoms with Crippen molar-refractivity contribution in [1.29, 1.82) is 0 Å². The van der Waals surface area contributed by atoms with Crippen LogP contribution in [0.1, 0.15) is 55.6 Å². The van der Waals surface area contributed by atoms with E-state index in [1.165, 1.54) is 19.3 Å². The topological polar surface area (TPSA) is 56.3 Å². The number of aromatic nitrogens is 2. The average Bonchev–Trinajstić information content (AvgIpc) is 3.43. The first-order valence-electron chi connectivity index (χ1n) is 11.0. The lowest BCUT2D eigenvalue weighted by molar-refractivity contribution is 0.209. The summed E-state index contributed by atoms with van der Waals surface area (Å²) in [5.74, 6) is 2.34. The number of nitrogens with one attached hydrogen (secondary N) is 2. The molecule has 2 aromatic rings. The smallest absolute Gasteiger partial charge is 0.132 e. The Balaban J connectivity index is 1.30. The number of rotatable bonds is 4. The second-order valence-corrected chi connectivity index (χ2v) is 9.96. The standard InChI is InChI=1S/C22H32N6S/c1-15(2)27-7-9-28(10-8-27)21-13-19(23-14-24-21)22-17-12-16(20-4-3-11-29-20)5-6-18(17)25-26-22/h3-4,11,13-18,22,25-26H,5-10,12H2,1-2H3. The third-order valence-electron chi connectivity index (χ3n) is 7.06. The Morgan fingerprint density at radius 2 is 1.97 bits per heavy atom. The monoisotopic (exact) mass is 412 g/mol. The molecule has 0 aromatic carbocycles. The Morgan fingerprint density at radius 1 is 1.10 bits per heavy atom. The zero-order valence-corrected chi connectivity index (χ0v) is 18.2. The van der Waals surface area contributed by atoms with Crippen LogP contribution in [-0.4, -0.2) is 53.1 Å². The van der Waals surface area contributed by atoms with Crippen LogP contribution in [0, 0.1) is 5.92 Å². The molecule has 4 atom stereocenters. The van der Waals surface area contributed by atoms with E-state index in [1.807, 2.05) is 11.3 Å². The highest BCUT2D eigenvalue weighted by atomic mass is 32.1. The molecule has 4 heterocycles. The highest BCUT2D eigenvalue weighted by Crippen LogP contribution is 2.44. The van der Waals surface area contributed by atoms with Crippen molar-refractivity contribution >= 4 is 17.2 Å². The van der Waals surface area contributed by atoms with E-state index in [9.17, 15) is 0 Å². The van der Waals surface area contributed by atoms with Crippen molar-refractivity contribution in [2.75, 3.05) is 31.1 Å². The zero-order chi connectivity index (χ0) is 19.8. The largest absolute Gasteiger partial charge is 0.354 e. The molecule has 2 aliphatic heterocycles. The maximum Gasteiger partial charge on any atom is 0.132 e. The molecule has 1 aliphatic carbocycles. The Labute approximate surface area is 177 Å². The van der Waals surface area contributed by atoms with Crippen molar-refractivity contribution < 1.29 is 0 Å². The molecule has 2 N–H and O–H groups in total. The van der Waals surface area contributed by atoms with Crippen LogP contribution in [0.2, 0.25) is 0 Å². The minimum Gasteiger partial charge on any atom is -0.354 e. The lowest BCUT2D eigenvalue weighted by Gasteiger charge is -2.37. The van der Waals surface area contributed by atoms with Gasteiger partial charge in [-0.05, 0) is 56.4 Å². The zero-order valence-electron chi connectivity index (χ0n) is 17.4. The van der Waals surface area contributed by atoms with Crippen molar-refractivity contribution in [1.82, 2.24) is 25.7 Å². The van der Waals surface area contributed by atoms with Gasteiger partial charge in [-0.3, -0.25) is 10.3 Å². The van der Waals surface area contributed by atoms with Crippen molar-refractivity contribution in [3.05, 3.63) is 40.5 Å². The van der Waals surface area contributed by atoms with Gasteiger partial charge in [0.1, 0.15) is 12.1 Å². The average molecular weight is 413 g/mol. The lowest BCUT2D eigenvalue weighted by atomic mass is 9.75. The van der Waals surface area contributed by atoms with Crippen LogP contribution in [0.5, 0.6) is 0 Å².